The fourth-order valence-corrected chi connectivity index (χ4v) is 2.60. The van der Waals surface area contributed by atoms with Crippen LogP contribution in [0.1, 0.15) is 25.7 Å². The van der Waals surface area contributed by atoms with E-state index in [2.05, 4.69) is 0 Å². The summed E-state index contributed by atoms with van der Waals surface area (Å²) >= 11 is 0. The molecule has 5 nitrogen and oxygen atoms in total. The van der Waals surface area contributed by atoms with E-state index >= 15 is 0 Å². The Bertz CT molecular complexity index is 731. The zero-order chi connectivity index (χ0) is 14.8. The average molecular weight is 288 g/mol. The molecule has 1 aromatic carbocycles. The number of methoxy groups -OCH3 is 1. The molecule has 1 unspecified atom stereocenters. The lowest BCUT2D eigenvalue weighted by atomic mass is 9.96. The first-order chi connectivity index (χ1) is 10.2. The summed E-state index contributed by atoms with van der Waals surface area (Å²) in [6.07, 6.45) is 2.77. The Kier molecular flexibility index (Phi) is 3.64. The Morgan fingerprint density at radius 1 is 1.19 bits per heavy atom. The van der Waals surface area contributed by atoms with Gasteiger partial charge in [0.15, 0.2) is 11.9 Å². The fraction of sp³-hybridized carbons (Fsp3) is 0.375. The second-order valence-corrected chi connectivity index (χ2v) is 5.11. The molecule has 0 bridgehead atoms. The van der Waals surface area contributed by atoms with Crippen LogP contribution < -0.4 is 15.1 Å². The van der Waals surface area contributed by atoms with Gasteiger partial charge in [-0.3, -0.25) is 4.79 Å². The lowest BCUT2D eigenvalue weighted by molar-refractivity contribution is -0.127. The molecule has 0 saturated heterocycles. The van der Waals surface area contributed by atoms with E-state index in [1.807, 2.05) is 0 Å². The normalized spacial score (nSPS) is 18.7. The molecular weight excluding hydrogens is 272 g/mol. The standard InChI is InChI=1S/C16H16O5/c1-19-14-8-10(20-13-5-3-2-4-12(13)17)9-15-11(14)6-7-16(18)21-15/h6-9,13H,2-5H2,1H3. The summed E-state index contributed by atoms with van der Waals surface area (Å²) in [6, 6.07) is 6.33. The van der Waals surface area contributed by atoms with Gasteiger partial charge in [-0.25, -0.2) is 4.79 Å². The first kappa shape index (κ1) is 13.7. The van der Waals surface area contributed by atoms with Gasteiger partial charge < -0.3 is 13.9 Å². The van der Waals surface area contributed by atoms with Crippen LogP contribution in [0.5, 0.6) is 11.5 Å². The summed E-state index contributed by atoms with van der Waals surface area (Å²) in [4.78, 5) is 23.2. The Morgan fingerprint density at radius 2 is 2.05 bits per heavy atom. The summed E-state index contributed by atoms with van der Waals surface area (Å²) in [6.45, 7) is 0. The highest BCUT2D eigenvalue weighted by molar-refractivity contribution is 5.86. The molecule has 21 heavy (non-hydrogen) atoms. The van der Waals surface area contributed by atoms with Gasteiger partial charge in [-0.2, -0.15) is 0 Å². The molecule has 5 heteroatoms. The van der Waals surface area contributed by atoms with Crippen LogP contribution in [0.15, 0.2) is 33.5 Å². The molecule has 1 atom stereocenters. The van der Waals surface area contributed by atoms with Crippen molar-refractivity contribution in [3.8, 4) is 11.5 Å². The first-order valence-electron chi connectivity index (χ1n) is 6.98. The maximum absolute atomic E-state index is 11.8. The van der Waals surface area contributed by atoms with Crippen LogP contribution in [0.2, 0.25) is 0 Å². The SMILES string of the molecule is COc1cc(OC2CCCCC2=O)cc2oc(=O)ccc12. The lowest BCUT2D eigenvalue weighted by Gasteiger charge is -2.22. The third-order valence-electron chi connectivity index (χ3n) is 3.67. The molecule has 1 saturated carbocycles. The van der Waals surface area contributed by atoms with Gasteiger partial charge in [-0.15, -0.1) is 0 Å². The zero-order valence-electron chi connectivity index (χ0n) is 11.8. The smallest absolute Gasteiger partial charge is 0.336 e. The van der Waals surface area contributed by atoms with Gasteiger partial charge in [-0.1, -0.05) is 0 Å². The highest BCUT2D eigenvalue weighted by Crippen LogP contribution is 2.31. The highest BCUT2D eigenvalue weighted by Gasteiger charge is 2.24. The monoisotopic (exact) mass is 288 g/mol. The summed E-state index contributed by atoms with van der Waals surface area (Å²) < 4.78 is 16.2. The summed E-state index contributed by atoms with van der Waals surface area (Å²) in [5.41, 5.74) is -0.0458. The van der Waals surface area contributed by atoms with Crippen molar-refractivity contribution in [2.24, 2.45) is 0 Å². The van der Waals surface area contributed by atoms with E-state index in [-0.39, 0.29) is 5.78 Å². The maximum Gasteiger partial charge on any atom is 0.336 e. The Labute approximate surface area is 121 Å². The predicted molar refractivity (Wildman–Crippen MR) is 76.9 cm³/mol. The number of hydrogen-bond donors (Lipinski definition) is 0. The molecule has 0 aliphatic heterocycles. The minimum Gasteiger partial charge on any atom is -0.496 e. The quantitative estimate of drug-likeness (QED) is 0.812. The summed E-state index contributed by atoms with van der Waals surface area (Å²) in [5.74, 6) is 1.15. The number of ketones is 1. The number of carbonyl (C=O) groups excluding carboxylic acids is 1. The van der Waals surface area contributed by atoms with E-state index in [9.17, 15) is 9.59 Å². The van der Waals surface area contributed by atoms with Crippen molar-refractivity contribution in [3.63, 3.8) is 0 Å². The number of carbonyl (C=O) groups is 1. The van der Waals surface area contributed by atoms with E-state index in [0.29, 0.717) is 28.9 Å². The first-order valence-corrected chi connectivity index (χ1v) is 6.98. The third kappa shape index (κ3) is 2.77. The van der Waals surface area contributed by atoms with Crippen LogP contribution >= 0.6 is 0 Å². The largest absolute Gasteiger partial charge is 0.496 e. The molecule has 2 aromatic rings. The van der Waals surface area contributed by atoms with Crippen LogP contribution in [0.4, 0.5) is 0 Å². The number of hydrogen-bond acceptors (Lipinski definition) is 5. The second kappa shape index (κ2) is 5.60. The molecule has 3 rings (SSSR count). The van der Waals surface area contributed by atoms with Gasteiger partial charge in [0.1, 0.15) is 17.1 Å². The van der Waals surface area contributed by atoms with Crippen molar-refractivity contribution < 1.29 is 18.7 Å². The Hall–Kier alpha value is -2.30. The van der Waals surface area contributed by atoms with Gasteiger partial charge >= 0.3 is 5.63 Å². The highest BCUT2D eigenvalue weighted by atomic mass is 16.5. The van der Waals surface area contributed by atoms with E-state index in [1.54, 1.807) is 18.2 Å². The second-order valence-electron chi connectivity index (χ2n) is 5.11. The minimum atomic E-state index is -0.435. The van der Waals surface area contributed by atoms with Crippen molar-refractivity contribution in [3.05, 3.63) is 34.7 Å². The molecule has 1 aliphatic rings. The molecule has 1 fully saturated rings. The molecule has 110 valence electrons. The van der Waals surface area contributed by atoms with Crippen LogP contribution in [0.25, 0.3) is 11.0 Å². The molecule has 0 amide bonds. The van der Waals surface area contributed by atoms with Gasteiger partial charge in [0.2, 0.25) is 0 Å². The van der Waals surface area contributed by atoms with Gasteiger partial charge in [0.05, 0.1) is 12.5 Å². The van der Waals surface area contributed by atoms with Crippen LogP contribution in [0, 0.1) is 0 Å². The zero-order valence-corrected chi connectivity index (χ0v) is 11.8. The van der Waals surface area contributed by atoms with Crippen molar-refractivity contribution in [1.29, 1.82) is 0 Å². The predicted octanol–water partition coefficient (Wildman–Crippen LogP) is 2.69. The van der Waals surface area contributed by atoms with Gasteiger partial charge in [0, 0.05) is 24.6 Å². The van der Waals surface area contributed by atoms with E-state index < -0.39 is 11.7 Å². The summed E-state index contributed by atoms with van der Waals surface area (Å²) in [7, 11) is 1.54. The molecule has 1 aromatic heterocycles. The van der Waals surface area contributed by atoms with Gasteiger partial charge in [0.25, 0.3) is 0 Å². The van der Waals surface area contributed by atoms with Crippen molar-refractivity contribution in [2.45, 2.75) is 31.8 Å². The van der Waals surface area contributed by atoms with Crippen molar-refractivity contribution in [1.82, 2.24) is 0 Å². The van der Waals surface area contributed by atoms with E-state index in [1.165, 1.54) is 13.2 Å². The molecule has 0 N–H and O–H groups in total. The van der Waals surface area contributed by atoms with Crippen LogP contribution in [0.3, 0.4) is 0 Å². The van der Waals surface area contributed by atoms with Crippen LogP contribution in [-0.2, 0) is 4.79 Å². The molecule has 1 aliphatic carbocycles. The summed E-state index contributed by atoms with van der Waals surface area (Å²) in [5, 5.41) is 0.694. The Morgan fingerprint density at radius 3 is 2.81 bits per heavy atom. The van der Waals surface area contributed by atoms with Crippen LogP contribution in [-0.4, -0.2) is 19.0 Å². The Balaban J connectivity index is 1.98. The fourth-order valence-electron chi connectivity index (χ4n) is 2.60. The minimum absolute atomic E-state index is 0.120. The molecule has 0 radical (unpaired) electrons. The number of fused-ring (bicyclic) bond motifs is 1. The average Bonchev–Trinajstić information content (AvgIpc) is 2.48. The third-order valence-corrected chi connectivity index (χ3v) is 3.67. The van der Waals surface area contributed by atoms with Crippen molar-refractivity contribution in [2.75, 3.05) is 7.11 Å². The van der Waals surface area contributed by atoms with Crippen molar-refractivity contribution >= 4 is 16.8 Å². The number of rotatable bonds is 3. The maximum atomic E-state index is 11.8. The van der Waals surface area contributed by atoms with E-state index in [4.69, 9.17) is 13.9 Å². The number of ether oxygens (including phenoxy) is 2. The lowest BCUT2D eigenvalue weighted by Crippen LogP contribution is -2.30. The molecule has 0 spiro atoms. The topological polar surface area (TPSA) is 65.7 Å². The van der Waals surface area contributed by atoms with Gasteiger partial charge in [-0.05, 0) is 25.3 Å². The molecular formula is C16H16O5. The molecule has 1 heterocycles. The number of benzene rings is 1. The number of Topliss-reactive ketones (excluding diaryl/α,β-unsaturated/α-hetero) is 1. The van der Waals surface area contributed by atoms with E-state index in [0.717, 1.165) is 19.3 Å².